The summed E-state index contributed by atoms with van der Waals surface area (Å²) in [5.41, 5.74) is 7.81. The Hall–Kier alpha value is -1.97. The van der Waals surface area contributed by atoms with Crippen molar-refractivity contribution in [3.8, 4) is 0 Å². The molecule has 0 saturated heterocycles. The van der Waals surface area contributed by atoms with Gasteiger partial charge in [-0.3, -0.25) is 0 Å². The molecule has 1 aromatic heterocycles. The van der Waals surface area contributed by atoms with Gasteiger partial charge in [0.1, 0.15) is 5.82 Å². The van der Waals surface area contributed by atoms with Crippen molar-refractivity contribution >= 4 is 11.5 Å². The second-order valence-electron chi connectivity index (χ2n) is 4.33. The van der Waals surface area contributed by atoms with Gasteiger partial charge in [0.15, 0.2) is 0 Å². The molecule has 0 amide bonds. The van der Waals surface area contributed by atoms with E-state index < -0.39 is 0 Å². The maximum Gasteiger partial charge on any atom is 0.148 e. The van der Waals surface area contributed by atoms with Crippen LogP contribution in [0.5, 0.6) is 0 Å². The van der Waals surface area contributed by atoms with Crippen LogP contribution in [0.25, 0.3) is 0 Å². The van der Waals surface area contributed by atoms with E-state index in [-0.39, 0.29) is 0 Å². The van der Waals surface area contributed by atoms with Crippen molar-refractivity contribution in [2.24, 2.45) is 0 Å². The van der Waals surface area contributed by atoms with Gasteiger partial charge in [-0.15, -0.1) is 0 Å². The normalized spacial score (nSPS) is 10.8. The summed E-state index contributed by atoms with van der Waals surface area (Å²) < 4.78 is 1.90. The molecule has 4 nitrogen and oxygen atoms in total. The molecule has 0 saturated carbocycles. The summed E-state index contributed by atoms with van der Waals surface area (Å²) in [6.45, 7) is 4.92. The molecule has 0 radical (unpaired) electrons. The van der Waals surface area contributed by atoms with Gasteiger partial charge in [0.2, 0.25) is 0 Å². The summed E-state index contributed by atoms with van der Waals surface area (Å²) in [5, 5.41) is 7.59. The smallest absolute Gasteiger partial charge is 0.148 e. The molecule has 17 heavy (non-hydrogen) atoms. The molecule has 2 aromatic rings. The molecule has 3 N–H and O–H groups in total. The van der Waals surface area contributed by atoms with Gasteiger partial charge in [-0.2, -0.15) is 5.10 Å². The van der Waals surface area contributed by atoms with Crippen LogP contribution in [-0.4, -0.2) is 9.78 Å². The highest BCUT2D eigenvalue weighted by atomic mass is 15.3. The zero-order valence-corrected chi connectivity index (χ0v) is 10.2. The Balaban J connectivity index is 2.11. The number of benzene rings is 1. The molecule has 0 unspecified atom stereocenters. The molecule has 90 valence electrons. The van der Waals surface area contributed by atoms with Crippen molar-refractivity contribution in [3.63, 3.8) is 0 Å². The number of nitrogen functional groups attached to an aromatic ring is 1. The van der Waals surface area contributed by atoms with Crippen molar-refractivity contribution < 1.29 is 0 Å². The first-order valence-electron chi connectivity index (χ1n) is 5.79. The minimum atomic E-state index is 0.297. The molecule has 0 spiro atoms. The summed E-state index contributed by atoms with van der Waals surface area (Å²) in [7, 11) is 0. The van der Waals surface area contributed by atoms with Gasteiger partial charge in [0, 0.05) is 12.6 Å². The van der Waals surface area contributed by atoms with E-state index in [1.807, 2.05) is 22.9 Å². The molecule has 4 heteroatoms. The Morgan fingerprint density at radius 3 is 2.65 bits per heavy atom. The second kappa shape index (κ2) is 4.91. The topological polar surface area (TPSA) is 55.9 Å². The first-order valence-corrected chi connectivity index (χ1v) is 5.79. The molecular weight excluding hydrogens is 212 g/mol. The van der Waals surface area contributed by atoms with Crippen molar-refractivity contribution in [3.05, 3.63) is 42.1 Å². The lowest BCUT2D eigenvalue weighted by Gasteiger charge is -2.13. The fraction of sp³-hybridized carbons (Fsp3) is 0.308. The van der Waals surface area contributed by atoms with Gasteiger partial charge >= 0.3 is 0 Å². The lowest BCUT2D eigenvalue weighted by Crippen LogP contribution is -2.10. The van der Waals surface area contributed by atoms with Crippen molar-refractivity contribution in [2.75, 3.05) is 11.1 Å². The number of nitrogens with one attached hydrogen (secondary N) is 1. The van der Waals surface area contributed by atoms with E-state index in [9.17, 15) is 0 Å². The van der Waals surface area contributed by atoms with Gasteiger partial charge < -0.3 is 11.1 Å². The highest BCUT2D eigenvalue weighted by molar-refractivity contribution is 5.60. The van der Waals surface area contributed by atoms with Crippen molar-refractivity contribution in [1.29, 1.82) is 0 Å². The molecule has 0 aliphatic rings. The molecule has 2 rings (SSSR count). The van der Waals surface area contributed by atoms with Crippen LogP contribution in [0.15, 0.2) is 36.5 Å². The first-order chi connectivity index (χ1) is 8.18. The van der Waals surface area contributed by atoms with Crippen LogP contribution in [-0.2, 0) is 6.54 Å². The average molecular weight is 230 g/mol. The Kier molecular flexibility index (Phi) is 3.32. The van der Waals surface area contributed by atoms with Crippen LogP contribution < -0.4 is 11.1 Å². The fourth-order valence-electron chi connectivity index (χ4n) is 1.73. The molecule has 1 heterocycles. The van der Waals surface area contributed by atoms with Crippen LogP contribution in [0.3, 0.4) is 0 Å². The number of nitrogens with zero attached hydrogens (tertiary/aromatic N) is 2. The lowest BCUT2D eigenvalue weighted by molar-refractivity contribution is 0.538. The Morgan fingerprint density at radius 1 is 1.29 bits per heavy atom. The van der Waals surface area contributed by atoms with E-state index in [2.05, 4.69) is 36.4 Å². The molecular formula is C13H18N4. The van der Waals surface area contributed by atoms with Crippen LogP contribution in [0.4, 0.5) is 11.5 Å². The van der Waals surface area contributed by atoms with E-state index >= 15 is 0 Å². The Bertz CT molecular complexity index is 473. The molecule has 1 aromatic carbocycles. The minimum Gasteiger partial charge on any atom is -0.394 e. The zero-order valence-electron chi connectivity index (χ0n) is 10.2. The first kappa shape index (κ1) is 11.5. The maximum absolute atomic E-state index is 5.90. The van der Waals surface area contributed by atoms with Gasteiger partial charge in [-0.1, -0.05) is 30.3 Å². The summed E-state index contributed by atoms with van der Waals surface area (Å²) in [6, 6.07) is 10.5. The second-order valence-corrected chi connectivity index (χ2v) is 4.33. The Morgan fingerprint density at radius 2 is 2.00 bits per heavy atom. The summed E-state index contributed by atoms with van der Waals surface area (Å²) in [6.07, 6.45) is 1.69. The van der Waals surface area contributed by atoms with Crippen LogP contribution in [0, 0.1) is 0 Å². The van der Waals surface area contributed by atoms with E-state index in [0.717, 1.165) is 12.4 Å². The third-order valence-electron chi connectivity index (χ3n) is 2.62. The SMILES string of the molecule is CC(C)n1ncc(N)c1NCc1ccccc1. The standard InChI is InChI=1S/C13H18N4/c1-10(2)17-13(12(14)9-16-17)15-8-11-6-4-3-5-7-11/h3-7,9-10,15H,8,14H2,1-2H3. The molecule has 0 aliphatic heterocycles. The number of hydrogen-bond donors (Lipinski definition) is 2. The number of nitrogens with two attached hydrogens (primary N) is 1. The quantitative estimate of drug-likeness (QED) is 0.849. The zero-order chi connectivity index (χ0) is 12.3. The molecule has 0 fully saturated rings. The number of aromatic nitrogens is 2. The third-order valence-corrected chi connectivity index (χ3v) is 2.62. The monoisotopic (exact) mass is 230 g/mol. The predicted molar refractivity (Wildman–Crippen MR) is 70.8 cm³/mol. The third kappa shape index (κ3) is 2.58. The average Bonchev–Trinajstić information content (AvgIpc) is 2.69. The van der Waals surface area contributed by atoms with E-state index in [0.29, 0.717) is 11.7 Å². The van der Waals surface area contributed by atoms with Gasteiger partial charge in [-0.05, 0) is 19.4 Å². The highest BCUT2D eigenvalue weighted by Gasteiger charge is 2.09. The predicted octanol–water partition coefficient (Wildman–Crippen LogP) is 2.66. The number of rotatable bonds is 4. The highest BCUT2D eigenvalue weighted by Crippen LogP contribution is 2.22. The molecule has 0 bridgehead atoms. The van der Waals surface area contributed by atoms with Gasteiger partial charge in [0.25, 0.3) is 0 Å². The summed E-state index contributed by atoms with van der Waals surface area (Å²) in [5.74, 6) is 0.892. The van der Waals surface area contributed by atoms with E-state index in [1.165, 1.54) is 5.56 Å². The minimum absolute atomic E-state index is 0.297. The number of hydrogen-bond acceptors (Lipinski definition) is 3. The summed E-state index contributed by atoms with van der Waals surface area (Å²) in [4.78, 5) is 0. The van der Waals surface area contributed by atoms with Gasteiger partial charge in [-0.25, -0.2) is 4.68 Å². The van der Waals surface area contributed by atoms with Crippen LogP contribution in [0.1, 0.15) is 25.5 Å². The van der Waals surface area contributed by atoms with Crippen LogP contribution in [0.2, 0.25) is 0 Å². The summed E-state index contributed by atoms with van der Waals surface area (Å²) >= 11 is 0. The fourth-order valence-corrected chi connectivity index (χ4v) is 1.73. The van der Waals surface area contributed by atoms with Crippen LogP contribution >= 0.6 is 0 Å². The van der Waals surface area contributed by atoms with Crippen molar-refractivity contribution in [2.45, 2.75) is 26.4 Å². The molecule has 0 atom stereocenters. The van der Waals surface area contributed by atoms with Gasteiger partial charge in [0.05, 0.1) is 11.9 Å². The maximum atomic E-state index is 5.90. The molecule has 0 aliphatic carbocycles. The Labute approximate surface area is 101 Å². The van der Waals surface area contributed by atoms with E-state index in [1.54, 1.807) is 6.20 Å². The number of anilines is 2. The largest absolute Gasteiger partial charge is 0.394 e. The van der Waals surface area contributed by atoms with Crippen molar-refractivity contribution in [1.82, 2.24) is 9.78 Å². The lowest BCUT2D eigenvalue weighted by atomic mass is 10.2. The van der Waals surface area contributed by atoms with E-state index in [4.69, 9.17) is 5.73 Å².